The smallest absolute Gasteiger partial charge is 0.323 e. The van der Waals surface area contributed by atoms with Gasteiger partial charge in [0.1, 0.15) is 23.7 Å². The molecule has 0 spiro atoms. The van der Waals surface area contributed by atoms with Gasteiger partial charge < -0.3 is 19.5 Å². The van der Waals surface area contributed by atoms with Gasteiger partial charge in [0.2, 0.25) is 0 Å². The maximum absolute atomic E-state index is 12.6. The average molecular weight is 345 g/mol. The zero-order valence-electron chi connectivity index (χ0n) is 14.2. The Morgan fingerprint density at radius 2 is 1.72 bits per heavy atom. The van der Waals surface area contributed by atoms with E-state index in [0.717, 1.165) is 0 Å². The first kappa shape index (κ1) is 18.2. The molecule has 1 N–H and O–H groups in total. The van der Waals surface area contributed by atoms with Crippen molar-refractivity contribution in [1.29, 1.82) is 0 Å². The highest BCUT2D eigenvalue weighted by Gasteiger charge is 2.21. The van der Waals surface area contributed by atoms with Gasteiger partial charge in [-0.1, -0.05) is 0 Å². The predicted octanol–water partition coefficient (Wildman–Crippen LogP) is 1.53. The number of aromatic nitrogens is 2. The van der Waals surface area contributed by atoms with E-state index >= 15 is 0 Å². The lowest BCUT2D eigenvalue weighted by molar-refractivity contribution is -0.137. The molecule has 0 saturated heterocycles. The second-order valence-electron chi connectivity index (χ2n) is 5.32. The molecule has 0 aliphatic rings. The van der Waals surface area contributed by atoms with Crippen LogP contribution in [0.4, 0.5) is 0 Å². The third-order valence-corrected chi connectivity index (χ3v) is 3.40. The summed E-state index contributed by atoms with van der Waals surface area (Å²) in [5.41, 5.74) is 1.42. The van der Waals surface area contributed by atoms with Crippen LogP contribution in [-0.4, -0.2) is 52.6 Å². The third kappa shape index (κ3) is 4.90. The lowest BCUT2D eigenvalue weighted by atomic mass is 10.1. The molecule has 0 radical (unpaired) electrons. The Kier molecular flexibility index (Phi) is 5.89. The summed E-state index contributed by atoms with van der Waals surface area (Å²) in [6.45, 7) is 1.35. The van der Waals surface area contributed by atoms with Gasteiger partial charge >= 0.3 is 5.97 Å². The van der Waals surface area contributed by atoms with Crippen molar-refractivity contribution in [1.82, 2.24) is 14.9 Å². The highest BCUT2D eigenvalue weighted by atomic mass is 16.5. The molecule has 1 aromatic heterocycles. The average Bonchev–Trinajstić information content (AvgIpc) is 2.60. The molecule has 0 atom stereocenters. The fourth-order valence-electron chi connectivity index (χ4n) is 2.21. The van der Waals surface area contributed by atoms with Crippen LogP contribution < -0.4 is 9.47 Å². The van der Waals surface area contributed by atoms with Crippen molar-refractivity contribution < 1.29 is 24.2 Å². The third-order valence-electron chi connectivity index (χ3n) is 3.40. The van der Waals surface area contributed by atoms with Gasteiger partial charge in [0.25, 0.3) is 5.91 Å². The van der Waals surface area contributed by atoms with Gasteiger partial charge in [-0.3, -0.25) is 14.6 Å². The number of ether oxygens (including phenoxy) is 2. The fraction of sp³-hybridized carbons (Fsp3) is 0.294. The van der Waals surface area contributed by atoms with Crippen LogP contribution in [0, 0.1) is 6.92 Å². The van der Waals surface area contributed by atoms with Gasteiger partial charge in [-0.05, 0) is 24.6 Å². The zero-order valence-corrected chi connectivity index (χ0v) is 14.2. The summed E-state index contributed by atoms with van der Waals surface area (Å²) in [5, 5.41) is 9.12. The molecular formula is C17H19N3O5. The Balaban J connectivity index is 2.30. The van der Waals surface area contributed by atoms with Crippen molar-refractivity contribution in [3.05, 3.63) is 47.5 Å². The molecule has 0 saturated carbocycles. The van der Waals surface area contributed by atoms with E-state index in [1.807, 2.05) is 0 Å². The van der Waals surface area contributed by atoms with Crippen molar-refractivity contribution in [2.24, 2.45) is 0 Å². The van der Waals surface area contributed by atoms with E-state index in [1.165, 1.54) is 31.5 Å². The lowest BCUT2D eigenvalue weighted by Gasteiger charge is -2.21. The maximum Gasteiger partial charge on any atom is 0.323 e. The molecule has 8 heteroatoms. The topological polar surface area (TPSA) is 102 Å². The number of carbonyl (C=O) groups excluding carboxylic acids is 1. The molecule has 0 aliphatic heterocycles. The normalized spacial score (nSPS) is 10.2. The van der Waals surface area contributed by atoms with Crippen molar-refractivity contribution in [2.45, 2.75) is 13.5 Å². The molecule has 0 aliphatic carbocycles. The van der Waals surface area contributed by atoms with Gasteiger partial charge in [-0.25, -0.2) is 4.98 Å². The van der Waals surface area contributed by atoms with Crippen molar-refractivity contribution >= 4 is 11.9 Å². The summed E-state index contributed by atoms with van der Waals surface area (Å²) < 4.78 is 10.4. The van der Waals surface area contributed by atoms with Crippen molar-refractivity contribution in [3.63, 3.8) is 0 Å². The molecule has 25 heavy (non-hydrogen) atoms. The first-order chi connectivity index (χ1) is 11.9. The van der Waals surface area contributed by atoms with E-state index < -0.39 is 18.4 Å². The maximum atomic E-state index is 12.6. The molecule has 1 aromatic carbocycles. The highest BCUT2D eigenvalue weighted by molar-refractivity contribution is 5.93. The Morgan fingerprint density at radius 1 is 1.08 bits per heavy atom. The van der Waals surface area contributed by atoms with Gasteiger partial charge in [-0.2, -0.15) is 0 Å². The first-order valence-corrected chi connectivity index (χ1v) is 7.44. The number of aliphatic carboxylic acids is 1. The molecule has 2 aromatic rings. The number of carboxylic acids is 1. The van der Waals surface area contributed by atoms with Gasteiger partial charge in [0.05, 0.1) is 26.1 Å². The van der Waals surface area contributed by atoms with Crippen molar-refractivity contribution in [2.75, 3.05) is 20.8 Å². The number of aryl methyl sites for hydroxylation is 1. The number of benzene rings is 1. The van der Waals surface area contributed by atoms with E-state index in [2.05, 4.69) is 9.97 Å². The van der Waals surface area contributed by atoms with E-state index in [0.29, 0.717) is 22.8 Å². The lowest BCUT2D eigenvalue weighted by Crippen LogP contribution is -2.35. The van der Waals surface area contributed by atoms with E-state index in [9.17, 15) is 9.59 Å². The number of carbonyl (C=O) groups is 2. The van der Waals surface area contributed by atoms with Gasteiger partial charge in [0.15, 0.2) is 0 Å². The highest BCUT2D eigenvalue weighted by Crippen LogP contribution is 2.23. The first-order valence-electron chi connectivity index (χ1n) is 7.44. The monoisotopic (exact) mass is 345 g/mol. The molecule has 2 rings (SSSR count). The van der Waals surface area contributed by atoms with Crippen LogP contribution in [0.3, 0.4) is 0 Å². The number of carboxylic acid groups (broad SMARTS) is 1. The van der Waals surface area contributed by atoms with E-state index in [1.54, 1.807) is 25.1 Å². The summed E-state index contributed by atoms with van der Waals surface area (Å²) in [4.78, 5) is 33.0. The summed E-state index contributed by atoms with van der Waals surface area (Å²) in [6.07, 6.45) is 2.79. The minimum Gasteiger partial charge on any atom is -0.497 e. The molecule has 1 amide bonds. The van der Waals surface area contributed by atoms with Crippen LogP contribution in [0.5, 0.6) is 11.5 Å². The number of hydrogen-bond acceptors (Lipinski definition) is 6. The van der Waals surface area contributed by atoms with Gasteiger partial charge in [-0.15, -0.1) is 0 Å². The van der Waals surface area contributed by atoms with Crippen LogP contribution in [-0.2, 0) is 11.3 Å². The number of methoxy groups -OCH3 is 2. The SMILES string of the molecule is COc1cc(CN(CC(=O)O)C(=O)c2cnc(C)cn2)cc(OC)c1. The summed E-state index contributed by atoms with van der Waals surface area (Å²) in [5.74, 6) is -0.542. The van der Waals surface area contributed by atoms with E-state index in [-0.39, 0.29) is 12.2 Å². The second kappa shape index (κ2) is 8.09. The summed E-state index contributed by atoms with van der Waals surface area (Å²) >= 11 is 0. The van der Waals surface area contributed by atoms with Crippen LogP contribution in [0.2, 0.25) is 0 Å². The summed E-state index contributed by atoms with van der Waals surface area (Å²) in [7, 11) is 3.03. The Labute approximate surface area is 145 Å². The minimum absolute atomic E-state index is 0.0637. The number of hydrogen-bond donors (Lipinski definition) is 1. The molecule has 0 fully saturated rings. The Hall–Kier alpha value is -3.16. The fourth-order valence-corrected chi connectivity index (χ4v) is 2.21. The van der Waals surface area contributed by atoms with Crippen LogP contribution in [0.1, 0.15) is 21.7 Å². The van der Waals surface area contributed by atoms with Crippen LogP contribution in [0.15, 0.2) is 30.6 Å². The Bertz CT molecular complexity index is 739. The molecule has 132 valence electrons. The number of nitrogens with zero attached hydrogens (tertiary/aromatic N) is 3. The molecule has 0 bridgehead atoms. The zero-order chi connectivity index (χ0) is 18.4. The van der Waals surface area contributed by atoms with E-state index in [4.69, 9.17) is 14.6 Å². The summed E-state index contributed by atoms with van der Waals surface area (Å²) in [6, 6.07) is 5.12. The molecule has 8 nitrogen and oxygen atoms in total. The van der Waals surface area contributed by atoms with Crippen LogP contribution in [0.25, 0.3) is 0 Å². The Morgan fingerprint density at radius 3 is 2.20 bits per heavy atom. The van der Waals surface area contributed by atoms with Crippen molar-refractivity contribution in [3.8, 4) is 11.5 Å². The number of rotatable bonds is 7. The standard InChI is InChI=1S/C17H19N3O5/c1-11-7-19-15(8-18-11)17(23)20(10-16(21)22)9-12-4-13(24-2)6-14(5-12)25-3/h4-8H,9-10H2,1-3H3,(H,21,22). The predicted molar refractivity (Wildman–Crippen MR) is 88.7 cm³/mol. The largest absolute Gasteiger partial charge is 0.497 e. The minimum atomic E-state index is -1.12. The van der Waals surface area contributed by atoms with Gasteiger partial charge in [0, 0.05) is 18.8 Å². The molecule has 1 heterocycles. The quantitative estimate of drug-likeness (QED) is 0.812. The van der Waals surface area contributed by atoms with Crippen LogP contribution >= 0.6 is 0 Å². The molecular weight excluding hydrogens is 326 g/mol. The second-order valence-corrected chi connectivity index (χ2v) is 5.32. The molecule has 0 unspecified atom stereocenters. The number of amides is 1.